The zero-order chi connectivity index (χ0) is 25.5. The number of ether oxygens (including phenoxy) is 3. The SMILES string of the molecule is COC(=O)Cc1ccc(OC)c(Oc2ccc(NC(=O)C(C)(C)C)cc2CSCC(F)(F)F)c1. The zero-order valence-electron chi connectivity index (χ0n) is 19.7. The molecule has 186 valence electrons. The van der Waals surface area contributed by atoms with E-state index in [1.807, 2.05) is 0 Å². The molecule has 0 aliphatic carbocycles. The van der Waals surface area contributed by atoms with Gasteiger partial charge in [-0.1, -0.05) is 26.8 Å². The number of alkyl halides is 3. The molecule has 2 rings (SSSR count). The van der Waals surface area contributed by atoms with Gasteiger partial charge < -0.3 is 19.5 Å². The Hall–Kier alpha value is -2.88. The first-order valence-electron chi connectivity index (χ1n) is 10.3. The molecule has 34 heavy (non-hydrogen) atoms. The third-order valence-corrected chi connectivity index (χ3v) is 5.59. The van der Waals surface area contributed by atoms with E-state index >= 15 is 0 Å². The number of anilines is 1. The van der Waals surface area contributed by atoms with Crippen molar-refractivity contribution in [1.82, 2.24) is 0 Å². The van der Waals surface area contributed by atoms with Crippen molar-refractivity contribution in [2.24, 2.45) is 5.41 Å². The topological polar surface area (TPSA) is 73.9 Å². The number of amides is 1. The highest BCUT2D eigenvalue weighted by molar-refractivity contribution is 7.98. The molecule has 0 fully saturated rings. The van der Waals surface area contributed by atoms with E-state index in [1.165, 1.54) is 14.2 Å². The number of halogens is 3. The summed E-state index contributed by atoms with van der Waals surface area (Å²) in [7, 11) is 2.74. The molecule has 0 atom stereocenters. The van der Waals surface area contributed by atoms with Gasteiger partial charge in [0.15, 0.2) is 11.5 Å². The Kier molecular flexibility index (Phi) is 9.26. The Morgan fingerprint density at radius 2 is 1.65 bits per heavy atom. The van der Waals surface area contributed by atoms with Gasteiger partial charge in [-0.15, -0.1) is 11.8 Å². The minimum Gasteiger partial charge on any atom is -0.493 e. The molecule has 1 amide bonds. The molecule has 0 heterocycles. The second-order valence-electron chi connectivity index (χ2n) is 8.47. The van der Waals surface area contributed by atoms with Crippen molar-refractivity contribution >= 4 is 29.3 Å². The van der Waals surface area contributed by atoms with Crippen molar-refractivity contribution < 1.29 is 37.0 Å². The quantitative estimate of drug-likeness (QED) is 0.428. The number of benzene rings is 2. The summed E-state index contributed by atoms with van der Waals surface area (Å²) >= 11 is 0.686. The summed E-state index contributed by atoms with van der Waals surface area (Å²) in [5, 5.41) is 2.78. The normalized spacial score (nSPS) is 11.6. The Morgan fingerprint density at radius 1 is 0.971 bits per heavy atom. The van der Waals surface area contributed by atoms with Crippen LogP contribution in [0.4, 0.5) is 18.9 Å². The van der Waals surface area contributed by atoms with E-state index in [9.17, 15) is 22.8 Å². The summed E-state index contributed by atoms with van der Waals surface area (Å²) in [5.41, 5.74) is 0.876. The van der Waals surface area contributed by atoms with Crippen LogP contribution in [0.5, 0.6) is 17.2 Å². The molecule has 0 aliphatic heterocycles. The van der Waals surface area contributed by atoms with Gasteiger partial charge in [0.1, 0.15) is 5.75 Å². The summed E-state index contributed by atoms with van der Waals surface area (Å²) < 4.78 is 54.1. The Balaban J connectivity index is 2.37. The fourth-order valence-electron chi connectivity index (χ4n) is 2.73. The maximum Gasteiger partial charge on any atom is 0.397 e. The van der Waals surface area contributed by atoms with Crippen molar-refractivity contribution in [2.75, 3.05) is 25.3 Å². The fourth-order valence-corrected chi connectivity index (χ4v) is 3.51. The van der Waals surface area contributed by atoms with Gasteiger partial charge in [0, 0.05) is 22.4 Å². The second kappa shape index (κ2) is 11.5. The highest BCUT2D eigenvalue weighted by atomic mass is 32.2. The smallest absolute Gasteiger partial charge is 0.397 e. The molecule has 0 aliphatic rings. The summed E-state index contributed by atoms with van der Waals surface area (Å²) in [5.74, 6) is -0.713. The van der Waals surface area contributed by atoms with Crippen molar-refractivity contribution in [3.63, 3.8) is 0 Å². The van der Waals surface area contributed by atoms with E-state index in [0.29, 0.717) is 40.1 Å². The third kappa shape index (κ3) is 8.48. The van der Waals surface area contributed by atoms with E-state index in [2.05, 4.69) is 10.1 Å². The van der Waals surface area contributed by atoms with Gasteiger partial charge >= 0.3 is 12.1 Å². The maximum absolute atomic E-state index is 12.7. The van der Waals surface area contributed by atoms with Crippen LogP contribution < -0.4 is 14.8 Å². The first kappa shape index (κ1) is 27.4. The van der Waals surface area contributed by atoms with Crippen LogP contribution in [-0.4, -0.2) is 38.0 Å². The third-order valence-electron chi connectivity index (χ3n) is 4.55. The van der Waals surface area contributed by atoms with E-state index < -0.39 is 23.3 Å². The van der Waals surface area contributed by atoms with Crippen LogP contribution >= 0.6 is 11.8 Å². The highest BCUT2D eigenvalue weighted by Gasteiger charge is 2.27. The van der Waals surface area contributed by atoms with Gasteiger partial charge in [0.05, 0.1) is 26.4 Å². The molecular weight excluding hydrogens is 471 g/mol. The standard InChI is InChI=1S/C24H28F3NO5S/c1-23(2,3)22(30)28-17-7-9-18(16(12-17)13-34-14-24(25,26)27)33-20-10-15(11-21(29)32-5)6-8-19(20)31-4/h6-10,12H,11,13-14H2,1-5H3,(H,28,30). The number of hydrogen-bond donors (Lipinski definition) is 1. The van der Waals surface area contributed by atoms with E-state index in [0.717, 1.165) is 0 Å². The van der Waals surface area contributed by atoms with Gasteiger partial charge in [-0.05, 0) is 35.9 Å². The Labute approximate surface area is 201 Å². The lowest BCUT2D eigenvalue weighted by Crippen LogP contribution is -2.27. The summed E-state index contributed by atoms with van der Waals surface area (Å²) in [6.07, 6.45) is -4.29. The van der Waals surface area contributed by atoms with Crippen LogP contribution in [0, 0.1) is 5.41 Å². The lowest BCUT2D eigenvalue weighted by atomic mass is 9.95. The molecular formula is C24H28F3NO5S. The second-order valence-corrected chi connectivity index (χ2v) is 9.46. The van der Waals surface area contributed by atoms with Crippen LogP contribution in [0.15, 0.2) is 36.4 Å². The minimum atomic E-state index is -4.31. The number of methoxy groups -OCH3 is 2. The predicted octanol–water partition coefficient (Wildman–Crippen LogP) is 5.98. The van der Waals surface area contributed by atoms with Crippen LogP contribution in [0.25, 0.3) is 0 Å². The fraction of sp³-hybridized carbons (Fsp3) is 0.417. The number of esters is 1. The lowest BCUT2D eigenvalue weighted by molar-refractivity contribution is -0.139. The lowest BCUT2D eigenvalue weighted by Gasteiger charge is -2.19. The number of carbonyl (C=O) groups excluding carboxylic acids is 2. The molecule has 0 bridgehead atoms. The molecule has 0 unspecified atom stereocenters. The molecule has 2 aromatic carbocycles. The first-order valence-corrected chi connectivity index (χ1v) is 11.5. The number of carbonyl (C=O) groups is 2. The number of rotatable bonds is 9. The van der Waals surface area contributed by atoms with Crippen molar-refractivity contribution in [2.45, 2.75) is 39.1 Å². The largest absolute Gasteiger partial charge is 0.493 e. The van der Waals surface area contributed by atoms with Crippen molar-refractivity contribution in [3.8, 4) is 17.2 Å². The van der Waals surface area contributed by atoms with Crippen LogP contribution in [0.1, 0.15) is 31.9 Å². The molecule has 0 radical (unpaired) electrons. The van der Waals surface area contributed by atoms with Crippen molar-refractivity contribution in [1.29, 1.82) is 0 Å². The Bertz CT molecular complexity index is 1020. The molecule has 10 heteroatoms. The number of nitrogens with one attached hydrogen (secondary N) is 1. The molecule has 6 nitrogen and oxygen atoms in total. The first-order chi connectivity index (χ1) is 15.8. The van der Waals surface area contributed by atoms with Crippen LogP contribution in [0.2, 0.25) is 0 Å². The number of thioether (sulfide) groups is 1. The monoisotopic (exact) mass is 499 g/mol. The minimum absolute atomic E-state index is 0.00175. The van der Waals surface area contributed by atoms with Crippen molar-refractivity contribution in [3.05, 3.63) is 47.5 Å². The summed E-state index contributed by atoms with van der Waals surface area (Å²) in [4.78, 5) is 24.0. The summed E-state index contributed by atoms with van der Waals surface area (Å²) in [6, 6.07) is 9.71. The highest BCUT2D eigenvalue weighted by Crippen LogP contribution is 2.37. The number of hydrogen-bond acceptors (Lipinski definition) is 6. The van der Waals surface area contributed by atoms with Gasteiger partial charge in [0.2, 0.25) is 5.91 Å². The maximum atomic E-state index is 12.7. The van der Waals surface area contributed by atoms with Crippen LogP contribution in [0.3, 0.4) is 0 Å². The molecule has 2 aromatic rings. The zero-order valence-corrected chi connectivity index (χ0v) is 20.5. The van der Waals surface area contributed by atoms with E-state index in [4.69, 9.17) is 9.47 Å². The van der Waals surface area contributed by atoms with Gasteiger partial charge in [0.25, 0.3) is 0 Å². The van der Waals surface area contributed by atoms with Crippen LogP contribution in [-0.2, 0) is 26.5 Å². The van der Waals surface area contributed by atoms with E-state index in [1.54, 1.807) is 57.2 Å². The Morgan fingerprint density at radius 3 is 2.24 bits per heavy atom. The van der Waals surface area contributed by atoms with Gasteiger partial charge in [-0.2, -0.15) is 13.2 Å². The molecule has 0 saturated carbocycles. The van der Waals surface area contributed by atoms with Gasteiger partial charge in [-0.25, -0.2) is 0 Å². The molecule has 1 N–H and O–H groups in total. The predicted molar refractivity (Wildman–Crippen MR) is 126 cm³/mol. The van der Waals surface area contributed by atoms with Gasteiger partial charge in [-0.3, -0.25) is 9.59 Å². The molecule has 0 saturated heterocycles. The summed E-state index contributed by atoms with van der Waals surface area (Å²) in [6.45, 7) is 5.27. The van der Waals surface area contributed by atoms with E-state index in [-0.39, 0.29) is 23.8 Å². The molecule has 0 aromatic heterocycles. The average Bonchev–Trinajstić information content (AvgIpc) is 2.74. The molecule has 0 spiro atoms. The average molecular weight is 500 g/mol.